The topological polar surface area (TPSA) is 0 Å². The van der Waals surface area contributed by atoms with E-state index in [0.29, 0.717) is 0 Å². The minimum absolute atomic E-state index is 0.887. The predicted molar refractivity (Wildman–Crippen MR) is 50.6 cm³/mol. The van der Waals surface area contributed by atoms with E-state index in [4.69, 9.17) is 0 Å². The molecule has 0 heteroatoms. The molecule has 2 fully saturated rings. The van der Waals surface area contributed by atoms with Crippen LogP contribution in [0, 0.1) is 11.3 Å². The fourth-order valence-electron chi connectivity index (χ4n) is 2.62. The summed E-state index contributed by atoms with van der Waals surface area (Å²) in [5.41, 5.74) is 0.887. The van der Waals surface area contributed by atoms with E-state index in [9.17, 15) is 0 Å². The highest BCUT2D eigenvalue weighted by Gasteiger charge is 2.52. The minimum atomic E-state index is 0.887. The molecule has 2 aliphatic rings. The van der Waals surface area contributed by atoms with Crippen molar-refractivity contribution in [3.05, 3.63) is 0 Å². The predicted octanol–water partition coefficient (Wildman–Crippen LogP) is 4.00. The lowest BCUT2D eigenvalue weighted by Crippen LogP contribution is -2.07. The molecule has 11 heavy (non-hydrogen) atoms. The normalized spacial score (nSPS) is 40.1. The number of rotatable bonds is 1. The summed E-state index contributed by atoms with van der Waals surface area (Å²) in [6, 6.07) is 0. The highest BCUT2D eigenvalue weighted by molar-refractivity contribution is 5.02. The first kappa shape index (κ1) is 9.09. The Hall–Kier alpha value is 0. The average Bonchev–Trinajstić information content (AvgIpc) is 2.83. The van der Waals surface area contributed by atoms with Crippen LogP contribution in [0.4, 0.5) is 0 Å². The zero-order chi connectivity index (χ0) is 8.32. The maximum absolute atomic E-state index is 2.37. The van der Waals surface area contributed by atoms with E-state index in [1.807, 2.05) is 13.8 Å². The molecule has 0 N–H and O–H groups in total. The first-order valence-electron chi connectivity index (χ1n) is 5.37. The Kier molecular flexibility index (Phi) is 2.98. The molecule has 0 aromatic heterocycles. The number of hydrogen-bond acceptors (Lipinski definition) is 0. The van der Waals surface area contributed by atoms with Crippen molar-refractivity contribution in [1.82, 2.24) is 0 Å². The Bertz CT molecular complexity index is 117. The van der Waals surface area contributed by atoms with Crippen LogP contribution >= 0.6 is 0 Å². The molecule has 0 nitrogen and oxygen atoms in total. The molecule has 0 spiro atoms. The summed E-state index contributed by atoms with van der Waals surface area (Å²) >= 11 is 0. The van der Waals surface area contributed by atoms with Crippen LogP contribution in [0.3, 0.4) is 0 Å². The lowest BCUT2D eigenvalue weighted by molar-refractivity contribution is 0.327. The minimum Gasteiger partial charge on any atom is -0.0683 e. The highest BCUT2D eigenvalue weighted by Crippen LogP contribution is 2.63. The third-order valence-electron chi connectivity index (χ3n) is 3.54. The molecular weight excluding hydrogens is 132 g/mol. The molecule has 0 aromatic rings. The molecule has 0 bridgehead atoms. The van der Waals surface area contributed by atoms with Crippen molar-refractivity contribution < 1.29 is 0 Å². The van der Waals surface area contributed by atoms with Gasteiger partial charge in [-0.3, -0.25) is 0 Å². The molecular formula is C11H22. The van der Waals surface area contributed by atoms with Crippen LogP contribution in [0.25, 0.3) is 0 Å². The fraction of sp³-hybridized carbons (Fsp3) is 1.00. The van der Waals surface area contributed by atoms with Gasteiger partial charge in [-0.25, -0.2) is 0 Å². The molecule has 2 unspecified atom stereocenters. The highest BCUT2D eigenvalue weighted by atomic mass is 14.6. The Morgan fingerprint density at radius 3 is 2.45 bits per heavy atom. The summed E-state index contributed by atoms with van der Waals surface area (Å²) in [5, 5.41) is 0. The first-order chi connectivity index (χ1) is 5.37. The van der Waals surface area contributed by atoms with Crippen molar-refractivity contribution in [1.29, 1.82) is 0 Å². The van der Waals surface area contributed by atoms with Gasteiger partial charge in [-0.15, -0.1) is 0 Å². The number of fused-ring (bicyclic) bond motifs is 1. The van der Waals surface area contributed by atoms with Crippen LogP contribution in [-0.2, 0) is 0 Å². The van der Waals surface area contributed by atoms with E-state index in [1.54, 1.807) is 19.3 Å². The Morgan fingerprint density at radius 2 is 2.00 bits per heavy atom. The fourth-order valence-corrected chi connectivity index (χ4v) is 2.62. The molecule has 0 saturated heterocycles. The van der Waals surface area contributed by atoms with Crippen molar-refractivity contribution in [2.24, 2.45) is 11.3 Å². The van der Waals surface area contributed by atoms with Crippen molar-refractivity contribution in [3.8, 4) is 0 Å². The monoisotopic (exact) mass is 154 g/mol. The maximum Gasteiger partial charge on any atom is -0.0269 e. The third-order valence-corrected chi connectivity index (χ3v) is 3.54. The van der Waals surface area contributed by atoms with Gasteiger partial charge in [0.2, 0.25) is 0 Å². The second-order valence-corrected chi connectivity index (χ2v) is 3.86. The Morgan fingerprint density at radius 1 is 1.27 bits per heavy atom. The first-order valence-corrected chi connectivity index (χ1v) is 5.37. The molecule has 2 atom stereocenters. The van der Waals surface area contributed by atoms with Crippen LogP contribution < -0.4 is 0 Å². The van der Waals surface area contributed by atoms with Crippen LogP contribution in [0.2, 0.25) is 0 Å². The molecule has 2 saturated carbocycles. The van der Waals surface area contributed by atoms with E-state index < -0.39 is 0 Å². The SMILES string of the molecule is CC.CCC12CCCCC1C2. The molecule has 0 aromatic carbocycles. The molecule has 0 amide bonds. The number of hydrogen-bond donors (Lipinski definition) is 0. The van der Waals surface area contributed by atoms with E-state index in [2.05, 4.69) is 6.92 Å². The summed E-state index contributed by atoms with van der Waals surface area (Å²) < 4.78 is 0. The van der Waals surface area contributed by atoms with Crippen molar-refractivity contribution in [3.63, 3.8) is 0 Å². The lowest BCUT2D eigenvalue weighted by atomic mass is 9.87. The zero-order valence-electron chi connectivity index (χ0n) is 8.32. The standard InChI is InChI=1S/C9H16.C2H6/c1-2-9-6-4-3-5-8(9)7-9;1-2/h8H,2-7H2,1H3;1-2H3. The van der Waals surface area contributed by atoms with Gasteiger partial charge in [-0.2, -0.15) is 0 Å². The summed E-state index contributed by atoms with van der Waals surface area (Å²) in [6.45, 7) is 6.37. The zero-order valence-corrected chi connectivity index (χ0v) is 8.32. The molecule has 2 rings (SSSR count). The average molecular weight is 154 g/mol. The van der Waals surface area contributed by atoms with E-state index >= 15 is 0 Å². The molecule has 0 radical (unpaired) electrons. The Labute approximate surface area is 71.4 Å². The van der Waals surface area contributed by atoms with Gasteiger partial charge >= 0.3 is 0 Å². The lowest BCUT2D eigenvalue weighted by Gasteiger charge is -2.19. The Balaban J connectivity index is 0.000000281. The quantitative estimate of drug-likeness (QED) is 0.535. The van der Waals surface area contributed by atoms with Gasteiger partial charge in [0.1, 0.15) is 0 Å². The van der Waals surface area contributed by atoms with Crippen LogP contribution in [0.15, 0.2) is 0 Å². The van der Waals surface area contributed by atoms with Crippen molar-refractivity contribution in [2.75, 3.05) is 0 Å². The van der Waals surface area contributed by atoms with E-state index in [0.717, 1.165) is 11.3 Å². The molecule has 0 aliphatic heterocycles. The maximum atomic E-state index is 2.37. The van der Waals surface area contributed by atoms with Gasteiger partial charge in [0.05, 0.1) is 0 Å². The van der Waals surface area contributed by atoms with Gasteiger partial charge < -0.3 is 0 Å². The second-order valence-electron chi connectivity index (χ2n) is 3.86. The summed E-state index contributed by atoms with van der Waals surface area (Å²) in [6.07, 6.45) is 9.17. The second kappa shape index (κ2) is 3.60. The van der Waals surface area contributed by atoms with Gasteiger partial charge in [-0.1, -0.05) is 40.0 Å². The molecule has 2 aliphatic carbocycles. The summed E-state index contributed by atoms with van der Waals surface area (Å²) in [7, 11) is 0. The third kappa shape index (κ3) is 1.60. The smallest absolute Gasteiger partial charge is 0.0269 e. The van der Waals surface area contributed by atoms with Crippen molar-refractivity contribution in [2.45, 2.75) is 59.3 Å². The van der Waals surface area contributed by atoms with Crippen molar-refractivity contribution >= 4 is 0 Å². The van der Waals surface area contributed by atoms with Gasteiger partial charge in [-0.05, 0) is 30.6 Å². The van der Waals surface area contributed by atoms with Crippen LogP contribution in [0.1, 0.15) is 59.3 Å². The molecule has 66 valence electrons. The summed E-state index contributed by atoms with van der Waals surface area (Å²) in [5.74, 6) is 1.16. The van der Waals surface area contributed by atoms with Crippen LogP contribution in [-0.4, -0.2) is 0 Å². The van der Waals surface area contributed by atoms with Crippen LogP contribution in [0.5, 0.6) is 0 Å². The summed E-state index contributed by atoms with van der Waals surface area (Å²) in [4.78, 5) is 0. The van der Waals surface area contributed by atoms with Gasteiger partial charge in [0, 0.05) is 0 Å². The van der Waals surface area contributed by atoms with E-state index in [1.165, 1.54) is 19.3 Å². The largest absolute Gasteiger partial charge is 0.0683 e. The van der Waals surface area contributed by atoms with Gasteiger partial charge in [0.25, 0.3) is 0 Å². The van der Waals surface area contributed by atoms with Gasteiger partial charge in [0.15, 0.2) is 0 Å². The molecule has 0 heterocycles. The van der Waals surface area contributed by atoms with E-state index in [-0.39, 0.29) is 0 Å².